The van der Waals surface area contributed by atoms with Gasteiger partial charge in [0.05, 0.1) is 0 Å². The van der Waals surface area contributed by atoms with E-state index in [4.69, 9.17) is 0 Å². The number of amides is 1. The Morgan fingerprint density at radius 3 is 2.88 bits per heavy atom. The molecule has 1 saturated carbocycles. The Kier molecular flexibility index (Phi) is 3.60. The molecule has 0 aromatic carbocycles. The van der Waals surface area contributed by atoms with Crippen LogP contribution < -0.4 is 0 Å². The van der Waals surface area contributed by atoms with Crippen LogP contribution in [0.15, 0.2) is 16.8 Å². The molecule has 0 atom stereocenters. The molecule has 1 aliphatic rings. The molecule has 1 amide bonds. The average molecular weight is 255 g/mol. The minimum absolute atomic E-state index is 0.225. The third-order valence-electron chi connectivity index (χ3n) is 3.24. The van der Waals surface area contributed by atoms with Gasteiger partial charge in [0.15, 0.2) is 0 Å². The molecule has 1 fully saturated rings. The molecule has 0 radical (unpaired) electrons. The summed E-state index contributed by atoms with van der Waals surface area (Å²) in [4.78, 5) is 13.8. The van der Waals surface area contributed by atoms with Crippen molar-refractivity contribution in [2.75, 3.05) is 12.8 Å². The van der Waals surface area contributed by atoms with Crippen molar-refractivity contribution in [3.63, 3.8) is 0 Å². The molecule has 16 heavy (non-hydrogen) atoms. The van der Waals surface area contributed by atoms with Crippen molar-refractivity contribution in [3.8, 4) is 0 Å². The highest BCUT2D eigenvalue weighted by Crippen LogP contribution is 2.49. The molecule has 0 saturated heterocycles. The maximum atomic E-state index is 12.0. The highest BCUT2D eigenvalue weighted by atomic mass is 32.1. The summed E-state index contributed by atoms with van der Waals surface area (Å²) in [6, 6.07) is 2.07. The smallest absolute Gasteiger partial charge is 0.223 e. The number of carbonyl (C=O) groups is 1. The Hall–Kier alpha value is -0.480. The molecule has 0 aliphatic heterocycles. The van der Waals surface area contributed by atoms with Gasteiger partial charge >= 0.3 is 0 Å². The lowest BCUT2D eigenvalue weighted by molar-refractivity contribution is -0.131. The van der Waals surface area contributed by atoms with Crippen LogP contribution in [0.5, 0.6) is 0 Å². The van der Waals surface area contributed by atoms with Crippen LogP contribution in [0.3, 0.4) is 0 Å². The lowest BCUT2D eigenvalue weighted by Crippen LogP contribution is -2.28. The van der Waals surface area contributed by atoms with Crippen LogP contribution in [0.1, 0.15) is 24.8 Å². The molecular weight excluding hydrogens is 238 g/mol. The number of thiophene rings is 1. The van der Waals surface area contributed by atoms with E-state index in [9.17, 15) is 4.79 Å². The van der Waals surface area contributed by atoms with Crippen LogP contribution in [0, 0.1) is 5.41 Å². The van der Waals surface area contributed by atoms with Gasteiger partial charge < -0.3 is 4.90 Å². The number of thiol groups is 1. The van der Waals surface area contributed by atoms with Gasteiger partial charge in [-0.25, -0.2) is 0 Å². The van der Waals surface area contributed by atoms with Gasteiger partial charge in [-0.2, -0.15) is 24.0 Å². The second-order valence-electron chi connectivity index (χ2n) is 4.72. The predicted octanol–water partition coefficient (Wildman–Crippen LogP) is 2.81. The first-order chi connectivity index (χ1) is 7.65. The van der Waals surface area contributed by atoms with Gasteiger partial charge in [-0.15, -0.1) is 0 Å². The summed E-state index contributed by atoms with van der Waals surface area (Å²) < 4.78 is 0. The summed E-state index contributed by atoms with van der Waals surface area (Å²) in [5, 5.41) is 4.14. The number of hydrogen-bond acceptors (Lipinski definition) is 3. The molecule has 1 aliphatic carbocycles. The Balaban J connectivity index is 1.85. The number of nitrogens with zero attached hydrogens (tertiary/aromatic N) is 1. The van der Waals surface area contributed by atoms with Crippen molar-refractivity contribution in [2.24, 2.45) is 5.41 Å². The SMILES string of the molecule is CN(Cc1ccsc1)C(=O)CC1(CS)CC1. The first kappa shape index (κ1) is 12.0. The van der Waals surface area contributed by atoms with Gasteiger partial charge in [0, 0.05) is 20.0 Å². The molecule has 2 rings (SSSR count). The standard InChI is InChI=1S/C12H17NOS2/c1-13(7-10-2-5-16-8-10)11(14)6-12(9-15)3-4-12/h2,5,8,15H,3-4,6-7,9H2,1H3. The van der Waals surface area contributed by atoms with Crippen molar-refractivity contribution in [3.05, 3.63) is 22.4 Å². The monoisotopic (exact) mass is 255 g/mol. The van der Waals surface area contributed by atoms with Crippen molar-refractivity contribution >= 4 is 29.9 Å². The molecular formula is C12H17NOS2. The van der Waals surface area contributed by atoms with E-state index in [1.165, 1.54) is 5.56 Å². The molecule has 0 spiro atoms. The Morgan fingerprint density at radius 2 is 2.38 bits per heavy atom. The molecule has 4 heteroatoms. The van der Waals surface area contributed by atoms with Crippen molar-refractivity contribution in [1.29, 1.82) is 0 Å². The quantitative estimate of drug-likeness (QED) is 0.802. The lowest BCUT2D eigenvalue weighted by atomic mass is 10.0. The van der Waals surface area contributed by atoms with Gasteiger partial charge in [-0.05, 0) is 46.4 Å². The third-order valence-corrected chi connectivity index (χ3v) is 4.65. The molecule has 2 nitrogen and oxygen atoms in total. The van der Waals surface area contributed by atoms with Crippen LogP contribution in [0.4, 0.5) is 0 Å². The third kappa shape index (κ3) is 2.80. The lowest BCUT2D eigenvalue weighted by Gasteiger charge is -2.19. The van der Waals surface area contributed by atoms with E-state index in [0.717, 1.165) is 25.1 Å². The summed E-state index contributed by atoms with van der Waals surface area (Å²) >= 11 is 6.00. The predicted molar refractivity (Wildman–Crippen MR) is 70.9 cm³/mol. The molecule has 1 aromatic rings. The van der Waals surface area contributed by atoms with E-state index in [1.54, 1.807) is 11.3 Å². The average Bonchev–Trinajstić information content (AvgIpc) is 2.85. The Labute approximate surface area is 106 Å². The summed E-state index contributed by atoms with van der Waals surface area (Å²) in [5.74, 6) is 1.09. The van der Waals surface area contributed by atoms with Crippen LogP contribution in [0.25, 0.3) is 0 Å². The van der Waals surface area contributed by atoms with E-state index in [2.05, 4.69) is 24.1 Å². The number of hydrogen-bond donors (Lipinski definition) is 1. The van der Waals surface area contributed by atoms with E-state index in [1.807, 2.05) is 17.3 Å². The van der Waals surface area contributed by atoms with Crippen LogP contribution in [-0.4, -0.2) is 23.6 Å². The summed E-state index contributed by atoms with van der Waals surface area (Å²) in [6.45, 7) is 0.727. The summed E-state index contributed by atoms with van der Waals surface area (Å²) in [7, 11) is 1.88. The normalized spacial score (nSPS) is 17.1. The minimum atomic E-state index is 0.225. The first-order valence-corrected chi connectivity index (χ1v) is 7.09. The topological polar surface area (TPSA) is 20.3 Å². The second kappa shape index (κ2) is 4.80. The molecule has 1 aromatic heterocycles. The van der Waals surface area contributed by atoms with Crippen LogP contribution >= 0.6 is 24.0 Å². The van der Waals surface area contributed by atoms with Gasteiger partial charge in [0.1, 0.15) is 0 Å². The molecule has 0 N–H and O–H groups in total. The number of carbonyl (C=O) groups excluding carboxylic acids is 1. The van der Waals surface area contributed by atoms with Gasteiger partial charge in [0.2, 0.25) is 5.91 Å². The minimum Gasteiger partial charge on any atom is -0.341 e. The Morgan fingerprint density at radius 1 is 1.62 bits per heavy atom. The fraction of sp³-hybridized carbons (Fsp3) is 0.583. The maximum absolute atomic E-state index is 12.0. The van der Waals surface area contributed by atoms with Crippen molar-refractivity contribution in [1.82, 2.24) is 4.90 Å². The molecule has 0 unspecified atom stereocenters. The highest BCUT2D eigenvalue weighted by Gasteiger charge is 2.43. The molecule has 0 bridgehead atoms. The van der Waals surface area contributed by atoms with E-state index < -0.39 is 0 Å². The van der Waals surface area contributed by atoms with Gasteiger partial charge in [0.25, 0.3) is 0 Å². The van der Waals surface area contributed by atoms with E-state index >= 15 is 0 Å². The molecule has 1 heterocycles. The first-order valence-electron chi connectivity index (χ1n) is 5.51. The van der Waals surface area contributed by atoms with Gasteiger partial charge in [-0.3, -0.25) is 4.79 Å². The largest absolute Gasteiger partial charge is 0.341 e. The zero-order chi connectivity index (χ0) is 11.6. The zero-order valence-electron chi connectivity index (χ0n) is 9.48. The summed E-state index contributed by atoms with van der Waals surface area (Å²) in [5.41, 5.74) is 1.44. The Bertz CT molecular complexity index is 357. The van der Waals surface area contributed by atoms with Gasteiger partial charge in [-0.1, -0.05) is 0 Å². The zero-order valence-corrected chi connectivity index (χ0v) is 11.2. The fourth-order valence-electron chi connectivity index (χ4n) is 1.77. The van der Waals surface area contributed by atoms with Crippen molar-refractivity contribution < 1.29 is 4.79 Å². The fourth-order valence-corrected chi connectivity index (χ4v) is 2.86. The van der Waals surface area contributed by atoms with Crippen LogP contribution in [0.2, 0.25) is 0 Å². The van der Waals surface area contributed by atoms with E-state index in [0.29, 0.717) is 6.42 Å². The number of rotatable bonds is 5. The van der Waals surface area contributed by atoms with Crippen molar-refractivity contribution in [2.45, 2.75) is 25.8 Å². The second-order valence-corrected chi connectivity index (χ2v) is 5.81. The molecule has 88 valence electrons. The highest BCUT2D eigenvalue weighted by molar-refractivity contribution is 7.80. The maximum Gasteiger partial charge on any atom is 0.223 e. The summed E-state index contributed by atoms with van der Waals surface area (Å²) in [6.07, 6.45) is 2.99. The van der Waals surface area contributed by atoms with E-state index in [-0.39, 0.29) is 11.3 Å². The van der Waals surface area contributed by atoms with Crippen LogP contribution in [-0.2, 0) is 11.3 Å².